The molecule has 1 aromatic heterocycles. The lowest BCUT2D eigenvalue weighted by Crippen LogP contribution is -2.36. The van der Waals surface area contributed by atoms with E-state index in [1.165, 1.54) is 17.4 Å². The third-order valence-corrected chi connectivity index (χ3v) is 4.80. The maximum atomic E-state index is 13.2. The molecule has 0 bridgehead atoms. The predicted octanol–water partition coefficient (Wildman–Crippen LogP) is 2.34. The van der Waals surface area contributed by atoms with Crippen LogP contribution in [0.15, 0.2) is 28.7 Å². The fraction of sp³-hybridized carbons (Fsp3) is 0.353. The first-order valence-electron chi connectivity index (χ1n) is 8.08. The summed E-state index contributed by atoms with van der Waals surface area (Å²) in [5.41, 5.74) is 3.85. The first-order valence-corrected chi connectivity index (χ1v) is 8.96. The Labute approximate surface area is 153 Å². The summed E-state index contributed by atoms with van der Waals surface area (Å²) in [5.74, 6) is -2.21. The highest BCUT2D eigenvalue weighted by Gasteiger charge is 2.15. The molecule has 138 valence electrons. The molecule has 9 heteroatoms. The zero-order valence-corrected chi connectivity index (χ0v) is 15.0. The minimum Gasteiger partial charge on any atom is -0.378 e. The maximum absolute atomic E-state index is 13.2. The van der Waals surface area contributed by atoms with Crippen LogP contribution in [0.5, 0.6) is 0 Å². The van der Waals surface area contributed by atoms with E-state index in [1.807, 2.05) is 5.38 Å². The van der Waals surface area contributed by atoms with Gasteiger partial charge in [-0.05, 0) is 25.1 Å². The van der Waals surface area contributed by atoms with E-state index in [9.17, 15) is 13.6 Å². The van der Waals surface area contributed by atoms with Crippen molar-refractivity contribution in [1.29, 1.82) is 0 Å². The number of hydrogen-bond acceptors (Lipinski definition) is 6. The van der Waals surface area contributed by atoms with Crippen LogP contribution in [0.1, 0.15) is 18.2 Å². The van der Waals surface area contributed by atoms with E-state index < -0.39 is 11.6 Å². The Morgan fingerprint density at radius 3 is 2.85 bits per heavy atom. The largest absolute Gasteiger partial charge is 0.378 e. The van der Waals surface area contributed by atoms with Gasteiger partial charge in [-0.1, -0.05) is 0 Å². The highest BCUT2D eigenvalue weighted by atomic mass is 32.1. The number of aromatic nitrogens is 1. The quantitative estimate of drug-likeness (QED) is 0.639. The van der Waals surface area contributed by atoms with E-state index in [0.717, 1.165) is 30.4 Å². The molecule has 0 unspecified atom stereocenters. The fourth-order valence-corrected chi connectivity index (χ4v) is 3.29. The summed E-state index contributed by atoms with van der Waals surface area (Å²) >= 11 is 1.49. The lowest BCUT2D eigenvalue weighted by Gasteiger charge is -2.26. The number of benzene rings is 1. The van der Waals surface area contributed by atoms with Gasteiger partial charge >= 0.3 is 0 Å². The Hall–Kier alpha value is -2.39. The Morgan fingerprint density at radius 2 is 2.12 bits per heavy atom. The number of carbonyl (C=O) groups excluding carboxylic acids is 1. The van der Waals surface area contributed by atoms with Gasteiger partial charge in [-0.3, -0.25) is 4.79 Å². The highest BCUT2D eigenvalue weighted by Crippen LogP contribution is 2.21. The summed E-state index contributed by atoms with van der Waals surface area (Å²) < 4.78 is 31.5. The third kappa shape index (κ3) is 4.61. The van der Waals surface area contributed by atoms with Crippen LogP contribution in [0.25, 0.3) is 0 Å². The number of morpholine rings is 1. The van der Waals surface area contributed by atoms with Crippen LogP contribution >= 0.6 is 11.3 Å². The van der Waals surface area contributed by atoms with Gasteiger partial charge in [0.2, 0.25) is 5.91 Å². The van der Waals surface area contributed by atoms with Crippen LogP contribution in [0, 0.1) is 11.6 Å². The van der Waals surface area contributed by atoms with Gasteiger partial charge in [-0.2, -0.15) is 5.10 Å². The van der Waals surface area contributed by atoms with Crippen LogP contribution in [0.3, 0.4) is 0 Å². The molecule has 0 radical (unpaired) electrons. The zero-order valence-electron chi connectivity index (χ0n) is 14.2. The molecule has 6 nitrogen and oxygen atoms in total. The number of thiazole rings is 1. The lowest BCUT2D eigenvalue weighted by atomic mass is 10.1. The molecule has 1 aliphatic rings. The van der Waals surface area contributed by atoms with Crippen molar-refractivity contribution < 1.29 is 18.3 Å². The molecule has 0 saturated carbocycles. The summed E-state index contributed by atoms with van der Waals surface area (Å²) in [4.78, 5) is 18.6. The smallest absolute Gasteiger partial charge is 0.246 e. The van der Waals surface area contributed by atoms with E-state index in [2.05, 4.69) is 20.4 Å². The molecule has 1 saturated heterocycles. The van der Waals surface area contributed by atoms with Crippen molar-refractivity contribution in [2.75, 3.05) is 31.2 Å². The summed E-state index contributed by atoms with van der Waals surface area (Å²) in [6.07, 6.45) is 0.0927. The number of carbonyl (C=O) groups is 1. The van der Waals surface area contributed by atoms with Crippen molar-refractivity contribution in [3.8, 4) is 0 Å². The Balaban J connectivity index is 1.56. The van der Waals surface area contributed by atoms with E-state index in [1.54, 1.807) is 6.92 Å². The van der Waals surface area contributed by atoms with Crippen molar-refractivity contribution in [2.45, 2.75) is 13.3 Å². The van der Waals surface area contributed by atoms with Gasteiger partial charge in [0.05, 0.1) is 31.0 Å². The first kappa shape index (κ1) is 18.4. The van der Waals surface area contributed by atoms with Crippen LogP contribution in [0.2, 0.25) is 0 Å². The minimum atomic E-state index is -0.957. The molecular weight excluding hydrogens is 362 g/mol. The molecule has 1 fully saturated rings. The standard InChI is InChI=1S/C17H18F2N4O2S/c1-11(12-2-3-14(18)15(19)8-12)21-22-16(24)9-13-10-26-17(20-13)23-4-6-25-7-5-23/h2-3,8,10H,4-7,9H2,1H3,(H,22,24)/b21-11-. The normalized spacial score (nSPS) is 15.2. The Bertz CT molecular complexity index is 819. The van der Waals surface area contributed by atoms with Gasteiger partial charge in [0.15, 0.2) is 16.8 Å². The van der Waals surface area contributed by atoms with Gasteiger partial charge in [0.1, 0.15) is 0 Å². The van der Waals surface area contributed by atoms with Gasteiger partial charge in [0, 0.05) is 24.0 Å². The second-order valence-corrected chi connectivity index (χ2v) is 6.60. The number of ether oxygens (including phenoxy) is 1. The summed E-state index contributed by atoms with van der Waals surface area (Å²) in [6, 6.07) is 3.46. The van der Waals surface area contributed by atoms with E-state index >= 15 is 0 Å². The molecular formula is C17H18F2N4O2S. The monoisotopic (exact) mass is 380 g/mol. The lowest BCUT2D eigenvalue weighted by molar-refractivity contribution is -0.120. The van der Waals surface area contributed by atoms with Crippen molar-refractivity contribution in [3.63, 3.8) is 0 Å². The highest BCUT2D eigenvalue weighted by molar-refractivity contribution is 7.13. The van der Waals surface area contributed by atoms with Crippen LogP contribution in [-0.4, -0.2) is 42.9 Å². The van der Waals surface area contributed by atoms with Crippen molar-refractivity contribution in [2.24, 2.45) is 5.10 Å². The minimum absolute atomic E-state index is 0.0927. The number of nitrogens with one attached hydrogen (secondary N) is 1. The average Bonchev–Trinajstić information content (AvgIpc) is 3.11. The van der Waals surface area contributed by atoms with Crippen LogP contribution in [0.4, 0.5) is 13.9 Å². The summed E-state index contributed by atoms with van der Waals surface area (Å²) in [6.45, 7) is 4.53. The second kappa shape index (κ2) is 8.33. The van der Waals surface area contributed by atoms with Crippen LogP contribution < -0.4 is 10.3 Å². The molecule has 2 heterocycles. The number of rotatable bonds is 5. The Kier molecular flexibility index (Phi) is 5.89. The maximum Gasteiger partial charge on any atom is 0.246 e. The number of hydrazone groups is 1. The number of anilines is 1. The van der Waals surface area contributed by atoms with Crippen molar-refractivity contribution in [3.05, 3.63) is 46.5 Å². The molecule has 26 heavy (non-hydrogen) atoms. The number of nitrogens with zero attached hydrogens (tertiary/aromatic N) is 3. The Morgan fingerprint density at radius 1 is 1.35 bits per heavy atom. The van der Waals surface area contributed by atoms with Crippen molar-refractivity contribution in [1.82, 2.24) is 10.4 Å². The van der Waals surface area contributed by atoms with E-state index in [-0.39, 0.29) is 12.3 Å². The number of halogens is 2. The van der Waals surface area contributed by atoms with Gasteiger partial charge in [0.25, 0.3) is 0 Å². The van der Waals surface area contributed by atoms with E-state index in [0.29, 0.717) is 30.2 Å². The van der Waals surface area contributed by atoms with Gasteiger partial charge < -0.3 is 9.64 Å². The molecule has 0 atom stereocenters. The van der Waals surface area contributed by atoms with Gasteiger partial charge in [-0.15, -0.1) is 11.3 Å². The zero-order chi connectivity index (χ0) is 18.5. The summed E-state index contributed by atoms with van der Waals surface area (Å²) in [5, 5.41) is 6.65. The molecule has 1 N–H and O–H groups in total. The summed E-state index contributed by atoms with van der Waals surface area (Å²) in [7, 11) is 0. The molecule has 0 spiro atoms. The molecule has 1 aliphatic heterocycles. The second-order valence-electron chi connectivity index (χ2n) is 5.76. The van der Waals surface area contributed by atoms with Crippen molar-refractivity contribution >= 4 is 28.1 Å². The SMILES string of the molecule is C/C(=N/NC(=O)Cc1csc(N2CCOCC2)n1)c1ccc(F)c(F)c1. The third-order valence-electron chi connectivity index (χ3n) is 3.85. The average molecular weight is 380 g/mol. The van der Waals surface area contributed by atoms with Gasteiger partial charge in [-0.25, -0.2) is 19.2 Å². The number of amides is 1. The predicted molar refractivity (Wildman–Crippen MR) is 95.6 cm³/mol. The van der Waals surface area contributed by atoms with Crippen LogP contribution in [-0.2, 0) is 16.0 Å². The first-order chi connectivity index (χ1) is 12.5. The molecule has 0 aliphatic carbocycles. The number of hydrogen-bond donors (Lipinski definition) is 1. The topological polar surface area (TPSA) is 66.8 Å². The molecule has 3 rings (SSSR count). The fourth-order valence-electron chi connectivity index (χ4n) is 2.41. The molecule has 1 amide bonds. The molecule has 2 aromatic rings. The molecule has 1 aromatic carbocycles. The van der Waals surface area contributed by atoms with E-state index in [4.69, 9.17) is 4.74 Å².